The Morgan fingerprint density at radius 3 is 2.79 bits per heavy atom. The quantitative estimate of drug-likeness (QED) is 0.676. The van der Waals surface area contributed by atoms with Crippen LogP contribution in [-0.2, 0) is 0 Å². The summed E-state index contributed by atoms with van der Waals surface area (Å²) in [6.07, 6.45) is -0.655. The molecule has 1 aliphatic heterocycles. The number of aliphatic hydroxyl groups excluding tert-OH is 1. The number of hydrogen-bond acceptors (Lipinski definition) is 3. The smallest absolute Gasteiger partial charge is 0.152 e. The van der Waals surface area contributed by atoms with Crippen molar-refractivity contribution in [1.29, 1.82) is 0 Å². The Morgan fingerprint density at radius 2 is 2.14 bits per heavy atom. The number of benzene rings is 1. The van der Waals surface area contributed by atoms with Gasteiger partial charge >= 0.3 is 0 Å². The van der Waals surface area contributed by atoms with Crippen molar-refractivity contribution in [3.8, 4) is 0 Å². The van der Waals surface area contributed by atoms with Crippen molar-refractivity contribution in [3.05, 3.63) is 29.3 Å². The van der Waals surface area contributed by atoms with Crippen molar-refractivity contribution in [2.24, 2.45) is 0 Å². The molecule has 3 nitrogen and oxygen atoms in total. The van der Waals surface area contributed by atoms with Gasteiger partial charge in [0.15, 0.2) is 6.23 Å². The molecular formula is C10H12N2OS. The molecule has 1 heterocycles. The van der Waals surface area contributed by atoms with Crippen LogP contribution in [0.3, 0.4) is 0 Å². The van der Waals surface area contributed by atoms with Crippen molar-refractivity contribution in [3.63, 3.8) is 0 Å². The van der Waals surface area contributed by atoms with Crippen LogP contribution in [0.2, 0.25) is 0 Å². The number of fused-ring (bicyclic) bond motifs is 1. The molecule has 1 aliphatic rings. The van der Waals surface area contributed by atoms with Crippen LogP contribution in [0.25, 0.3) is 0 Å². The van der Waals surface area contributed by atoms with Gasteiger partial charge in [0.1, 0.15) is 4.99 Å². The van der Waals surface area contributed by atoms with Gasteiger partial charge in [0, 0.05) is 30.9 Å². The summed E-state index contributed by atoms with van der Waals surface area (Å²) in [5.41, 5.74) is 2.86. The third-order valence-corrected chi connectivity index (χ3v) is 2.70. The van der Waals surface area contributed by atoms with Crippen LogP contribution >= 0.6 is 12.2 Å². The fourth-order valence-corrected chi connectivity index (χ4v) is 1.84. The van der Waals surface area contributed by atoms with Gasteiger partial charge in [-0.2, -0.15) is 0 Å². The summed E-state index contributed by atoms with van der Waals surface area (Å²) in [4.78, 5) is 2.62. The highest BCUT2D eigenvalue weighted by molar-refractivity contribution is 7.80. The van der Waals surface area contributed by atoms with Crippen LogP contribution in [0.15, 0.2) is 18.2 Å². The van der Waals surface area contributed by atoms with Crippen LogP contribution < -0.4 is 10.2 Å². The number of anilines is 1. The first-order chi connectivity index (χ1) is 6.59. The van der Waals surface area contributed by atoms with E-state index in [4.69, 9.17) is 12.2 Å². The van der Waals surface area contributed by atoms with Crippen molar-refractivity contribution >= 4 is 22.9 Å². The highest BCUT2D eigenvalue weighted by atomic mass is 32.1. The van der Waals surface area contributed by atoms with E-state index < -0.39 is 6.23 Å². The molecule has 14 heavy (non-hydrogen) atoms. The average molecular weight is 208 g/mol. The van der Waals surface area contributed by atoms with Crippen molar-refractivity contribution in [2.75, 3.05) is 19.0 Å². The van der Waals surface area contributed by atoms with Gasteiger partial charge in [0.2, 0.25) is 0 Å². The lowest BCUT2D eigenvalue weighted by Gasteiger charge is -2.13. The zero-order valence-corrected chi connectivity index (χ0v) is 8.93. The van der Waals surface area contributed by atoms with E-state index >= 15 is 0 Å². The molecule has 0 spiro atoms. The molecule has 0 aliphatic carbocycles. The van der Waals surface area contributed by atoms with E-state index in [1.165, 1.54) is 0 Å². The summed E-state index contributed by atoms with van der Waals surface area (Å²) >= 11 is 5.08. The minimum absolute atomic E-state index is 0.623. The number of rotatable bonds is 1. The summed E-state index contributed by atoms with van der Waals surface area (Å²) in [7, 11) is 3.93. The lowest BCUT2D eigenvalue weighted by atomic mass is 10.1. The Hall–Kier alpha value is -1.13. The number of nitrogens with zero attached hydrogens (tertiary/aromatic N) is 1. The predicted molar refractivity (Wildman–Crippen MR) is 60.6 cm³/mol. The first-order valence-corrected chi connectivity index (χ1v) is 4.80. The topological polar surface area (TPSA) is 35.5 Å². The number of thiocarbonyl (C=S) groups is 1. The SMILES string of the molecule is CN(C)c1ccc2c(c1)C(O)NC2=S. The van der Waals surface area contributed by atoms with E-state index in [1.54, 1.807) is 0 Å². The molecular weight excluding hydrogens is 196 g/mol. The van der Waals surface area contributed by atoms with E-state index in [9.17, 15) is 5.11 Å². The maximum Gasteiger partial charge on any atom is 0.152 e. The predicted octanol–water partition coefficient (Wildman–Crippen LogP) is 1.02. The Morgan fingerprint density at radius 1 is 1.43 bits per heavy atom. The van der Waals surface area contributed by atoms with Gasteiger partial charge in [-0.05, 0) is 18.2 Å². The maximum atomic E-state index is 9.64. The monoisotopic (exact) mass is 208 g/mol. The van der Waals surface area contributed by atoms with E-state index in [1.807, 2.05) is 37.2 Å². The first-order valence-electron chi connectivity index (χ1n) is 4.40. The molecule has 4 heteroatoms. The fourth-order valence-electron chi connectivity index (χ4n) is 1.54. The van der Waals surface area contributed by atoms with Crippen LogP contribution in [0.4, 0.5) is 5.69 Å². The molecule has 1 unspecified atom stereocenters. The molecule has 0 saturated carbocycles. The van der Waals surface area contributed by atoms with Crippen molar-refractivity contribution < 1.29 is 5.11 Å². The minimum Gasteiger partial charge on any atom is -0.378 e. The normalized spacial score (nSPS) is 19.1. The molecule has 0 bridgehead atoms. The van der Waals surface area contributed by atoms with Gasteiger partial charge in [-0.3, -0.25) is 0 Å². The van der Waals surface area contributed by atoms with Crippen LogP contribution in [0, 0.1) is 0 Å². The average Bonchev–Trinajstić information content (AvgIpc) is 2.42. The largest absolute Gasteiger partial charge is 0.378 e. The summed E-state index contributed by atoms with van der Waals surface area (Å²) in [5, 5.41) is 12.5. The Labute approximate surface area is 88.3 Å². The zero-order valence-electron chi connectivity index (χ0n) is 8.11. The summed E-state index contributed by atoms with van der Waals surface area (Å²) in [6, 6.07) is 5.88. The third-order valence-electron chi connectivity index (χ3n) is 2.36. The lowest BCUT2D eigenvalue weighted by Crippen LogP contribution is -2.17. The van der Waals surface area contributed by atoms with E-state index in [-0.39, 0.29) is 0 Å². The second kappa shape index (κ2) is 3.22. The second-order valence-corrected chi connectivity index (χ2v) is 3.95. The third kappa shape index (κ3) is 1.36. The molecule has 0 saturated heterocycles. The van der Waals surface area contributed by atoms with Gasteiger partial charge in [-0.25, -0.2) is 0 Å². The van der Waals surface area contributed by atoms with Gasteiger partial charge in [0.25, 0.3) is 0 Å². The summed E-state index contributed by atoms with van der Waals surface area (Å²) in [5.74, 6) is 0. The van der Waals surface area contributed by atoms with Gasteiger partial charge in [-0.1, -0.05) is 12.2 Å². The van der Waals surface area contributed by atoms with Gasteiger partial charge in [-0.15, -0.1) is 0 Å². The summed E-state index contributed by atoms with van der Waals surface area (Å²) < 4.78 is 0. The Bertz CT molecular complexity index is 390. The Kier molecular flexibility index (Phi) is 2.17. The number of hydrogen-bond donors (Lipinski definition) is 2. The molecule has 0 amide bonds. The molecule has 2 rings (SSSR count). The number of aliphatic hydroxyl groups is 1. The Balaban J connectivity index is 2.50. The van der Waals surface area contributed by atoms with Crippen LogP contribution in [-0.4, -0.2) is 24.2 Å². The minimum atomic E-state index is -0.655. The number of nitrogens with one attached hydrogen (secondary N) is 1. The molecule has 0 radical (unpaired) electrons. The van der Waals surface area contributed by atoms with Crippen LogP contribution in [0.1, 0.15) is 17.4 Å². The van der Waals surface area contributed by atoms with Crippen molar-refractivity contribution in [2.45, 2.75) is 6.23 Å². The van der Waals surface area contributed by atoms with E-state index in [2.05, 4.69) is 5.32 Å². The zero-order chi connectivity index (χ0) is 10.3. The molecule has 2 N–H and O–H groups in total. The molecule has 1 aromatic rings. The summed E-state index contributed by atoms with van der Waals surface area (Å²) in [6.45, 7) is 0. The first kappa shape index (κ1) is 9.43. The molecule has 74 valence electrons. The second-order valence-electron chi connectivity index (χ2n) is 3.54. The molecule has 0 fully saturated rings. The highest BCUT2D eigenvalue weighted by Crippen LogP contribution is 2.27. The van der Waals surface area contributed by atoms with Crippen LogP contribution in [0.5, 0.6) is 0 Å². The highest BCUT2D eigenvalue weighted by Gasteiger charge is 2.23. The van der Waals surface area contributed by atoms with Gasteiger partial charge < -0.3 is 15.3 Å². The molecule has 1 atom stereocenters. The van der Waals surface area contributed by atoms with Crippen molar-refractivity contribution in [1.82, 2.24) is 5.32 Å². The maximum absolute atomic E-state index is 9.64. The van der Waals surface area contributed by atoms with E-state index in [0.717, 1.165) is 16.8 Å². The van der Waals surface area contributed by atoms with Gasteiger partial charge in [0.05, 0.1) is 0 Å². The van der Waals surface area contributed by atoms with E-state index in [0.29, 0.717) is 4.99 Å². The standard InChI is InChI=1S/C10H12N2OS/c1-12(2)6-3-4-7-8(5-6)9(13)11-10(7)14/h3-5,9,13H,1-2H3,(H,11,14). The molecule has 1 aromatic carbocycles. The lowest BCUT2D eigenvalue weighted by molar-refractivity contribution is 0.170. The fraction of sp³-hybridized carbons (Fsp3) is 0.300. The molecule has 0 aromatic heterocycles.